The van der Waals surface area contributed by atoms with E-state index in [0.29, 0.717) is 11.2 Å². The maximum absolute atomic E-state index is 11.6. The Morgan fingerprint density at radius 2 is 2.35 bits per heavy atom. The fourth-order valence-corrected chi connectivity index (χ4v) is 3.15. The number of primary amides is 1. The van der Waals surface area contributed by atoms with Gasteiger partial charge in [-0.25, -0.2) is 4.98 Å². The zero-order valence-electron chi connectivity index (χ0n) is 10.9. The monoisotopic (exact) mass is 337 g/mol. The molecule has 7 heteroatoms. The van der Waals surface area contributed by atoms with Crippen molar-refractivity contribution in [1.29, 1.82) is 0 Å². The van der Waals surface area contributed by atoms with E-state index in [1.807, 2.05) is 6.07 Å². The summed E-state index contributed by atoms with van der Waals surface area (Å²) in [5.41, 5.74) is 13.6. The number of H-pyrrole nitrogens is 1. The number of carbonyl (C=O) groups is 1. The summed E-state index contributed by atoms with van der Waals surface area (Å²) in [7, 11) is 0. The number of piperidine rings is 1. The first-order valence-corrected chi connectivity index (χ1v) is 7.33. The Kier molecular flexibility index (Phi) is 3.39. The van der Waals surface area contributed by atoms with Crippen molar-refractivity contribution in [2.24, 2.45) is 11.5 Å². The number of rotatable bonds is 2. The van der Waals surface area contributed by atoms with Crippen LogP contribution in [-0.4, -0.2) is 35.0 Å². The van der Waals surface area contributed by atoms with Crippen molar-refractivity contribution in [3.8, 4) is 0 Å². The van der Waals surface area contributed by atoms with Crippen LogP contribution in [0.5, 0.6) is 0 Å². The first-order chi connectivity index (χ1) is 9.56. The van der Waals surface area contributed by atoms with Crippen LogP contribution in [-0.2, 0) is 0 Å². The predicted molar refractivity (Wildman–Crippen MR) is 81.7 cm³/mol. The molecule has 1 saturated heterocycles. The fraction of sp³-hybridized carbons (Fsp3) is 0.385. The van der Waals surface area contributed by atoms with Crippen LogP contribution in [0.15, 0.2) is 16.9 Å². The molecule has 0 aromatic carbocycles. The van der Waals surface area contributed by atoms with Gasteiger partial charge in [-0.15, -0.1) is 0 Å². The average Bonchev–Trinajstić information content (AvgIpc) is 2.81. The van der Waals surface area contributed by atoms with E-state index in [1.54, 1.807) is 6.20 Å². The van der Waals surface area contributed by atoms with E-state index in [-0.39, 0.29) is 6.04 Å². The van der Waals surface area contributed by atoms with Crippen molar-refractivity contribution in [3.63, 3.8) is 0 Å². The highest BCUT2D eigenvalue weighted by Crippen LogP contribution is 2.32. The van der Waals surface area contributed by atoms with Gasteiger partial charge in [0, 0.05) is 25.3 Å². The van der Waals surface area contributed by atoms with Gasteiger partial charge in [-0.05, 0) is 34.8 Å². The first-order valence-electron chi connectivity index (χ1n) is 6.54. The fourth-order valence-electron chi connectivity index (χ4n) is 2.76. The van der Waals surface area contributed by atoms with E-state index in [2.05, 4.69) is 30.8 Å². The number of fused-ring (bicyclic) bond motifs is 1. The third-order valence-corrected chi connectivity index (χ3v) is 4.06. The van der Waals surface area contributed by atoms with Crippen LogP contribution in [0.25, 0.3) is 11.0 Å². The number of halogens is 1. The normalized spacial score (nSPS) is 19.5. The molecule has 1 atom stereocenters. The Balaban J connectivity index is 2.17. The van der Waals surface area contributed by atoms with Crippen LogP contribution >= 0.6 is 15.9 Å². The van der Waals surface area contributed by atoms with Gasteiger partial charge in [0.25, 0.3) is 5.91 Å². The summed E-state index contributed by atoms with van der Waals surface area (Å²) < 4.78 is 0.719. The van der Waals surface area contributed by atoms with Gasteiger partial charge in [0.2, 0.25) is 0 Å². The lowest BCUT2D eigenvalue weighted by Gasteiger charge is -2.33. The topological polar surface area (TPSA) is 101 Å². The van der Waals surface area contributed by atoms with E-state index in [1.165, 1.54) is 0 Å². The summed E-state index contributed by atoms with van der Waals surface area (Å²) in [6, 6.07) is 2.07. The standard InChI is InChI=1S/C13H16BrN5O/c14-10-4-9(19-3-1-2-7(15)6-19)11-8(12(16)20)5-17-13(11)18-10/h4-5,7H,1-3,6,15H2,(H2,16,20)(H,17,18)/t7-/m1/s1. The lowest BCUT2D eigenvalue weighted by atomic mass is 10.0. The average molecular weight is 338 g/mol. The molecule has 2 aromatic rings. The van der Waals surface area contributed by atoms with Gasteiger partial charge in [-0.1, -0.05) is 0 Å². The number of amides is 1. The second kappa shape index (κ2) is 5.06. The molecule has 1 amide bonds. The molecule has 2 aromatic heterocycles. The van der Waals surface area contributed by atoms with Gasteiger partial charge in [0.1, 0.15) is 10.3 Å². The van der Waals surface area contributed by atoms with Crippen LogP contribution in [0.1, 0.15) is 23.2 Å². The zero-order valence-corrected chi connectivity index (χ0v) is 12.5. The summed E-state index contributed by atoms with van der Waals surface area (Å²) in [5.74, 6) is -0.456. The second-order valence-corrected chi connectivity index (χ2v) is 5.92. The number of nitrogens with zero attached hydrogens (tertiary/aromatic N) is 2. The van der Waals surface area contributed by atoms with E-state index in [9.17, 15) is 4.79 Å². The van der Waals surface area contributed by atoms with Gasteiger partial charge in [0.15, 0.2) is 0 Å². The number of nitrogens with one attached hydrogen (secondary N) is 1. The molecule has 5 N–H and O–H groups in total. The molecule has 1 aliphatic heterocycles. The highest BCUT2D eigenvalue weighted by molar-refractivity contribution is 9.10. The smallest absolute Gasteiger partial charge is 0.251 e. The molecule has 3 heterocycles. The predicted octanol–water partition coefficient (Wildman–Crippen LogP) is 1.35. The molecule has 1 fully saturated rings. The first kappa shape index (κ1) is 13.4. The van der Waals surface area contributed by atoms with E-state index in [4.69, 9.17) is 11.5 Å². The number of aromatic nitrogens is 2. The lowest BCUT2D eigenvalue weighted by Crippen LogP contribution is -2.43. The van der Waals surface area contributed by atoms with Crippen molar-refractivity contribution in [1.82, 2.24) is 9.97 Å². The maximum atomic E-state index is 11.6. The molecule has 20 heavy (non-hydrogen) atoms. The molecule has 6 nitrogen and oxygen atoms in total. The number of pyridine rings is 1. The molecular weight excluding hydrogens is 322 g/mol. The molecule has 0 unspecified atom stereocenters. The molecule has 0 radical (unpaired) electrons. The third kappa shape index (κ3) is 2.27. The van der Waals surface area contributed by atoms with Crippen LogP contribution in [0, 0.1) is 0 Å². The highest BCUT2D eigenvalue weighted by Gasteiger charge is 2.22. The SMILES string of the molecule is NC(=O)c1c[nH]c2nc(Br)cc(N3CCC[C@@H](N)C3)c12. The molecule has 3 rings (SSSR count). The summed E-state index contributed by atoms with van der Waals surface area (Å²) in [4.78, 5) is 21.1. The summed E-state index contributed by atoms with van der Waals surface area (Å²) in [6.45, 7) is 1.69. The molecule has 0 aliphatic carbocycles. The molecule has 0 saturated carbocycles. The molecule has 0 bridgehead atoms. The van der Waals surface area contributed by atoms with Gasteiger partial charge in [0.05, 0.1) is 16.6 Å². The van der Waals surface area contributed by atoms with Crippen molar-refractivity contribution < 1.29 is 4.79 Å². The van der Waals surface area contributed by atoms with Crippen LogP contribution in [0.3, 0.4) is 0 Å². The Labute approximate surface area is 124 Å². The Hall–Kier alpha value is -1.60. The number of aromatic amines is 1. The van der Waals surface area contributed by atoms with Crippen molar-refractivity contribution in [2.45, 2.75) is 18.9 Å². The summed E-state index contributed by atoms with van der Waals surface area (Å²) >= 11 is 3.41. The third-order valence-electron chi connectivity index (χ3n) is 3.65. The second-order valence-electron chi connectivity index (χ2n) is 5.10. The number of carbonyl (C=O) groups excluding carboxylic acids is 1. The lowest BCUT2D eigenvalue weighted by molar-refractivity contribution is 0.100. The Bertz CT molecular complexity index is 668. The van der Waals surface area contributed by atoms with Crippen LogP contribution < -0.4 is 16.4 Å². The number of nitrogens with two attached hydrogens (primary N) is 2. The number of hydrogen-bond acceptors (Lipinski definition) is 4. The van der Waals surface area contributed by atoms with Crippen LogP contribution in [0.2, 0.25) is 0 Å². The van der Waals surface area contributed by atoms with Gasteiger partial charge >= 0.3 is 0 Å². The minimum atomic E-state index is -0.456. The summed E-state index contributed by atoms with van der Waals surface area (Å²) in [6.07, 6.45) is 3.68. The molecule has 0 spiro atoms. The van der Waals surface area contributed by atoms with Gasteiger partial charge in [-0.2, -0.15) is 0 Å². The number of anilines is 1. The number of hydrogen-bond donors (Lipinski definition) is 3. The van der Waals surface area contributed by atoms with Crippen molar-refractivity contribution >= 4 is 38.6 Å². The minimum absolute atomic E-state index is 0.154. The highest BCUT2D eigenvalue weighted by atomic mass is 79.9. The van der Waals surface area contributed by atoms with Crippen LogP contribution in [0.4, 0.5) is 5.69 Å². The van der Waals surface area contributed by atoms with E-state index >= 15 is 0 Å². The summed E-state index contributed by atoms with van der Waals surface area (Å²) in [5, 5.41) is 0.773. The zero-order chi connectivity index (χ0) is 14.3. The Morgan fingerprint density at radius 3 is 3.05 bits per heavy atom. The van der Waals surface area contributed by atoms with Gasteiger partial charge < -0.3 is 21.4 Å². The molecule has 1 aliphatic rings. The van der Waals surface area contributed by atoms with E-state index in [0.717, 1.165) is 41.6 Å². The van der Waals surface area contributed by atoms with Crippen molar-refractivity contribution in [2.75, 3.05) is 18.0 Å². The quantitative estimate of drug-likeness (QED) is 0.720. The molecular formula is C13H16BrN5O. The Morgan fingerprint density at radius 1 is 1.55 bits per heavy atom. The maximum Gasteiger partial charge on any atom is 0.251 e. The molecule has 106 valence electrons. The van der Waals surface area contributed by atoms with Crippen molar-refractivity contribution in [3.05, 3.63) is 22.4 Å². The van der Waals surface area contributed by atoms with Gasteiger partial charge in [-0.3, -0.25) is 4.79 Å². The van der Waals surface area contributed by atoms with E-state index < -0.39 is 5.91 Å². The largest absolute Gasteiger partial charge is 0.369 e. The minimum Gasteiger partial charge on any atom is -0.369 e.